The maximum Gasteiger partial charge on any atom is 0.151 e. The highest BCUT2D eigenvalue weighted by Crippen LogP contribution is 2.61. The van der Waals surface area contributed by atoms with Crippen LogP contribution in [0, 0.1) is 5.41 Å². The van der Waals surface area contributed by atoms with Crippen LogP contribution < -0.4 is 5.73 Å². The molecule has 0 aromatic heterocycles. The van der Waals surface area contributed by atoms with E-state index in [9.17, 15) is 13.5 Å². The molecule has 0 aliphatic heterocycles. The van der Waals surface area contributed by atoms with Crippen molar-refractivity contribution in [3.05, 3.63) is 35.9 Å². The molecule has 0 saturated heterocycles. The molecule has 0 bridgehead atoms. The summed E-state index contributed by atoms with van der Waals surface area (Å²) in [6.45, 7) is -0.0123. The first-order valence-corrected chi connectivity index (χ1v) is 7.47. The van der Waals surface area contributed by atoms with Crippen LogP contribution in [0.25, 0.3) is 0 Å². The Morgan fingerprint density at radius 1 is 1.35 bits per heavy atom. The first kappa shape index (κ1) is 12.5. The van der Waals surface area contributed by atoms with Crippen LogP contribution in [0.2, 0.25) is 0 Å². The maximum atomic E-state index is 11.7. The zero-order valence-electron chi connectivity index (χ0n) is 9.70. The normalized spacial score (nSPS) is 32.4. The van der Waals surface area contributed by atoms with Gasteiger partial charge in [0.1, 0.15) is 0 Å². The Kier molecular flexibility index (Phi) is 3.01. The van der Waals surface area contributed by atoms with Gasteiger partial charge in [-0.25, -0.2) is 8.42 Å². The summed E-state index contributed by atoms with van der Waals surface area (Å²) in [5.74, 6) is -0.186. The van der Waals surface area contributed by atoms with Crippen LogP contribution in [-0.4, -0.2) is 38.2 Å². The molecule has 3 N–H and O–H groups in total. The van der Waals surface area contributed by atoms with E-state index in [4.69, 9.17) is 5.73 Å². The van der Waals surface area contributed by atoms with Crippen molar-refractivity contribution in [2.75, 3.05) is 19.4 Å². The number of hydrogen-bond donors (Lipinski definition) is 2. The minimum absolute atomic E-state index is 0.181. The van der Waals surface area contributed by atoms with Crippen molar-refractivity contribution < 1.29 is 13.5 Å². The average Bonchev–Trinajstić information content (AvgIpc) is 3.00. The molecule has 1 aliphatic carbocycles. The van der Waals surface area contributed by atoms with Gasteiger partial charge in [-0.15, -0.1) is 0 Å². The number of nitrogens with two attached hydrogens (primary N) is 1. The molecule has 1 saturated carbocycles. The quantitative estimate of drug-likeness (QED) is 0.801. The zero-order valence-corrected chi connectivity index (χ0v) is 10.5. The van der Waals surface area contributed by atoms with Crippen molar-refractivity contribution in [3.63, 3.8) is 0 Å². The number of hydrogen-bond acceptors (Lipinski definition) is 4. The lowest BCUT2D eigenvalue weighted by molar-refractivity contribution is 0.212. The average molecular weight is 255 g/mol. The molecule has 1 aromatic carbocycles. The van der Waals surface area contributed by atoms with E-state index in [0.717, 1.165) is 5.56 Å². The van der Waals surface area contributed by atoms with E-state index in [1.165, 1.54) is 6.26 Å². The minimum atomic E-state index is -3.20. The van der Waals surface area contributed by atoms with E-state index in [1.807, 2.05) is 30.3 Å². The molecule has 94 valence electrons. The molecule has 0 amide bonds. The molecule has 0 heterocycles. The lowest BCUT2D eigenvalue weighted by Crippen LogP contribution is -2.27. The van der Waals surface area contributed by atoms with E-state index < -0.39 is 20.5 Å². The van der Waals surface area contributed by atoms with Gasteiger partial charge in [0.15, 0.2) is 9.84 Å². The van der Waals surface area contributed by atoms with Crippen molar-refractivity contribution in [2.24, 2.45) is 11.1 Å². The Balaban J connectivity index is 2.42. The molecule has 0 spiro atoms. The van der Waals surface area contributed by atoms with Crippen molar-refractivity contribution in [2.45, 2.75) is 11.2 Å². The van der Waals surface area contributed by atoms with Crippen molar-refractivity contribution in [1.82, 2.24) is 0 Å². The standard InChI is InChI=1S/C12H17NO3S/c1-17(15,16)11-10(12(11,7-13)8-14)9-5-3-2-4-6-9/h2-6,10-11,14H,7-8,13H2,1H3/t10-,11+,12-/m0/s1. The summed E-state index contributed by atoms with van der Waals surface area (Å²) >= 11 is 0. The van der Waals surface area contributed by atoms with Crippen LogP contribution in [-0.2, 0) is 9.84 Å². The topological polar surface area (TPSA) is 80.4 Å². The summed E-state index contributed by atoms with van der Waals surface area (Å²) in [5.41, 5.74) is 5.90. The van der Waals surface area contributed by atoms with E-state index in [1.54, 1.807) is 0 Å². The minimum Gasteiger partial charge on any atom is -0.396 e. The molecule has 1 aromatic rings. The molecule has 3 atom stereocenters. The van der Waals surface area contributed by atoms with Gasteiger partial charge in [0.2, 0.25) is 0 Å². The molecule has 17 heavy (non-hydrogen) atoms. The Labute approximate surface area is 101 Å². The molecule has 1 fully saturated rings. The van der Waals surface area contributed by atoms with Crippen LogP contribution >= 0.6 is 0 Å². The highest BCUT2D eigenvalue weighted by atomic mass is 32.2. The second-order valence-corrected chi connectivity index (χ2v) is 6.90. The lowest BCUT2D eigenvalue weighted by Gasteiger charge is -2.11. The summed E-state index contributed by atoms with van der Waals surface area (Å²) in [6, 6.07) is 9.38. The smallest absolute Gasteiger partial charge is 0.151 e. The van der Waals surface area contributed by atoms with Crippen LogP contribution in [0.3, 0.4) is 0 Å². The van der Waals surface area contributed by atoms with E-state index in [-0.39, 0.29) is 19.1 Å². The Morgan fingerprint density at radius 2 is 1.94 bits per heavy atom. The molecular weight excluding hydrogens is 238 g/mol. The van der Waals surface area contributed by atoms with Gasteiger partial charge in [0, 0.05) is 24.1 Å². The molecule has 4 nitrogen and oxygen atoms in total. The number of benzene rings is 1. The number of rotatable bonds is 4. The van der Waals surface area contributed by atoms with Crippen LogP contribution in [0.5, 0.6) is 0 Å². The third kappa shape index (κ3) is 1.88. The number of sulfone groups is 1. The molecule has 5 heteroatoms. The van der Waals surface area contributed by atoms with Crippen LogP contribution in [0.1, 0.15) is 11.5 Å². The maximum absolute atomic E-state index is 11.7. The van der Waals surface area contributed by atoms with Crippen molar-refractivity contribution in [3.8, 4) is 0 Å². The third-order valence-electron chi connectivity index (χ3n) is 3.67. The predicted molar refractivity (Wildman–Crippen MR) is 66.4 cm³/mol. The summed E-state index contributed by atoms with van der Waals surface area (Å²) in [4.78, 5) is 0. The predicted octanol–water partition coefficient (Wildman–Crippen LogP) is 0.134. The molecule has 2 rings (SSSR count). The van der Waals surface area contributed by atoms with E-state index in [0.29, 0.717) is 0 Å². The first-order valence-electron chi connectivity index (χ1n) is 5.52. The fourth-order valence-electron chi connectivity index (χ4n) is 2.79. The van der Waals surface area contributed by atoms with Gasteiger partial charge in [-0.2, -0.15) is 0 Å². The lowest BCUT2D eigenvalue weighted by atomic mass is 10.0. The fraction of sp³-hybridized carbons (Fsp3) is 0.500. The number of aliphatic hydroxyl groups is 1. The highest BCUT2D eigenvalue weighted by molar-refractivity contribution is 7.91. The van der Waals surface area contributed by atoms with Gasteiger partial charge in [-0.1, -0.05) is 30.3 Å². The van der Waals surface area contributed by atoms with E-state index in [2.05, 4.69) is 0 Å². The Morgan fingerprint density at radius 3 is 2.29 bits per heavy atom. The van der Waals surface area contributed by atoms with Crippen molar-refractivity contribution in [1.29, 1.82) is 0 Å². The summed E-state index contributed by atoms with van der Waals surface area (Å²) in [6.07, 6.45) is 1.21. The fourth-order valence-corrected chi connectivity index (χ4v) is 4.80. The summed E-state index contributed by atoms with van der Waals surface area (Å²) in [7, 11) is -3.20. The second-order valence-electron chi connectivity index (χ2n) is 4.73. The van der Waals surface area contributed by atoms with Gasteiger partial charge in [-0.05, 0) is 5.56 Å². The monoisotopic (exact) mass is 255 g/mol. The van der Waals surface area contributed by atoms with Crippen LogP contribution in [0.15, 0.2) is 30.3 Å². The Bertz CT molecular complexity index is 494. The van der Waals surface area contributed by atoms with Crippen molar-refractivity contribution >= 4 is 9.84 Å². The largest absolute Gasteiger partial charge is 0.396 e. The van der Waals surface area contributed by atoms with Gasteiger partial charge in [0.05, 0.1) is 11.9 Å². The van der Waals surface area contributed by atoms with Crippen LogP contribution in [0.4, 0.5) is 0 Å². The van der Waals surface area contributed by atoms with Gasteiger partial charge in [-0.3, -0.25) is 0 Å². The third-order valence-corrected chi connectivity index (χ3v) is 5.34. The SMILES string of the molecule is CS(=O)(=O)[C@@H]1[C@H](c2ccccc2)[C@]1(CN)CO. The molecule has 0 radical (unpaired) electrons. The molecular formula is C12H17NO3S. The number of aliphatic hydroxyl groups excluding tert-OH is 1. The molecule has 1 aliphatic rings. The summed E-state index contributed by atoms with van der Waals surface area (Å²) in [5, 5.41) is 8.91. The van der Waals surface area contributed by atoms with E-state index >= 15 is 0 Å². The first-order chi connectivity index (χ1) is 7.97. The van der Waals surface area contributed by atoms with Gasteiger partial charge in [0.25, 0.3) is 0 Å². The zero-order chi connectivity index (χ0) is 12.7. The van der Waals surface area contributed by atoms with Gasteiger partial charge < -0.3 is 10.8 Å². The highest BCUT2D eigenvalue weighted by Gasteiger charge is 2.68. The second kappa shape index (κ2) is 4.08. The summed E-state index contributed by atoms with van der Waals surface area (Å²) < 4.78 is 23.5. The molecule has 0 unspecified atom stereocenters. The Hall–Kier alpha value is -0.910. The van der Waals surface area contributed by atoms with Gasteiger partial charge >= 0.3 is 0 Å².